The molecule has 190 valence electrons. The molecule has 0 bridgehead atoms. The van der Waals surface area contributed by atoms with Gasteiger partial charge in [0.1, 0.15) is 0 Å². The summed E-state index contributed by atoms with van der Waals surface area (Å²) >= 11 is 0. The molecule has 2 nitrogen and oxygen atoms in total. The molecule has 0 aromatic rings. The fourth-order valence-electron chi connectivity index (χ4n) is 6.23. The van der Waals surface area contributed by atoms with Crippen LogP contribution in [0.4, 0.5) is 0 Å². The van der Waals surface area contributed by atoms with Gasteiger partial charge in [0.25, 0.3) is 0 Å². The maximum atomic E-state index is 3.97. The highest BCUT2D eigenvalue weighted by atomic mass is 15.3. The predicted molar refractivity (Wildman–Crippen MR) is 143 cm³/mol. The molecular formula is C30H60N2. The van der Waals surface area contributed by atoms with Crippen molar-refractivity contribution < 1.29 is 0 Å². The first-order valence-corrected chi connectivity index (χ1v) is 14.9. The van der Waals surface area contributed by atoms with Crippen molar-refractivity contribution in [1.82, 2.24) is 10.6 Å². The van der Waals surface area contributed by atoms with Crippen molar-refractivity contribution in [2.24, 2.45) is 5.92 Å². The zero-order valence-corrected chi connectivity index (χ0v) is 22.9. The van der Waals surface area contributed by atoms with E-state index in [1.54, 1.807) is 0 Å². The number of hydrogen-bond donors (Lipinski definition) is 2. The summed E-state index contributed by atoms with van der Waals surface area (Å²) in [5.74, 6) is 0.975. The van der Waals surface area contributed by atoms with Crippen LogP contribution in [0.15, 0.2) is 0 Å². The van der Waals surface area contributed by atoms with Crippen LogP contribution in [0.1, 0.15) is 169 Å². The normalized spacial score (nSPS) is 22.0. The molecule has 1 saturated carbocycles. The fraction of sp³-hybridized carbons (Fsp3) is 1.00. The Morgan fingerprint density at radius 3 is 1.25 bits per heavy atom. The van der Waals surface area contributed by atoms with Gasteiger partial charge in [-0.1, -0.05) is 116 Å². The third-order valence-electron chi connectivity index (χ3n) is 9.09. The van der Waals surface area contributed by atoms with Gasteiger partial charge in [-0.05, 0) is 59.3 Å². The number of hydrogen-bond acceptors (Lipinski definition) is 2. The monoisotopic (exact) mass is 448 g/mol. The van der Waals surface area contributed by atoms with Gasteiger partial charge >= 0.3 is 0 Å². The van der Waals surface area contributed by atoms with Crippen LogP contribution in [0, 0.1) is 5.92 Å². The molecule has 1 spiro atoms. The largest absolute Gasteiger partial charge is 0.292 e. The molecule has 0 atom stereocenters. The maximum Gasteiger partial charge on any atom is 0.0696 e. The van der Waals surface area contributed by atoms with Gasteiger partial charge in [-0.3, -0.25) is 10.6 Å². The molecule has 0 radical (unpaired) electrons. The molecule has 1 aliphatic heterocycles. The Bertz CT molecular complexity index is 455. The van der Waals surface area contributed by atoms with Crippen LogP contribution in [0.3, 0.4) is 0 Å². The lowest BCUT2D eigenvalue weighted by molar-refractivity contribution is 0.165. The number of unbranched alkanes of at least 4 members (excludes halogenated alkanes) is 15. The quantitative estimate of drug-likeness (QED) is 0.217. The average Bonchev–Trinajstić information content (AvgIpc) is 2.92. The van der Waals surface area contributed by atoms with Gasteiger partial charge in [0.2, 0.25) is 0 Å². The van der Waals surface area contributed by atoms with Crippen molar-refractivity contribution in [2.45, 2.75) is 186 Å². The molecule has 1 heterocycles. The highest BCUT2D eigenvalue weighted by Gasteiger charge is 2.53. The molecule has 0 amide bonds. The van der Waals surface area contributed by atoms with Crippen molar-refractivity contribution >= 4 is 0 Å². The van der Waals surface area contributed by atoms with E-state index < -0.39 is 0 Å². The molecule has 0 aromatic heterocycles. The van der Waals surface area contributed by atoms with Gasteiger partial charge in [0.05, 0.1) is 5.66 Å². The van der Waals surface area contributed by atoms with E-state index in [2.05, 4.69) is 45.3 Å². The van der Waals surface area contributed by atoms with Gasteiger partial charge in [-0.25, -0.2) is 0 Å². The first-order valence-electron chi connectivity index (χ1n) is 14.9. The SMILES string of the molecule is CCCCCCCCCCCCCCCCCCC1CCC2(CC1)NC(C)(C)C(C)(C)N2. The van der Waals surface area contributed by atoms with Crippen molar-refractivity contribution in [1.29, 1.82) is 0 Å². The Balaban J connectivity index is 1.36. The van der Waals surface area contributed by atoms with E-state index in [4.69, 9.17) is 0 Å². The lowest BCUT2D eigenvalue weighted by atomic mass is 9.79. The van der Waals surface area contributed by atoms with E-state index in [9.17, 15) is 0 Å². The summed E-state index contributed by atoms with van der Waals surface area (Å²) in [5, 5.41) is 7.94. The predicted octanol–water partition coefficient (Wildman–Crippen LogP) is 9.27. The van der Waals surface area contributed by atoms with Gasteiger partial charge in [-0.15, -0.1) is 0 Å². The van der Waals surface area contributed by atoms with Crippen LogP contribution >= 0.6 is 0 Å². The Morgan fingerprint density at radius 2 is 0.875 bits per heavy atom. The molecule has 2 heteroatoms. The lowest BCUT2D eigenvalue weighted by Gasteiger charge is -2.39. The zero-order valence-electron chi connectivity index (χ0n) is 22.9. The second kappa shape index (κ2) is 14.3. The summed E-state index contributed by atoms with van der Waals surface area (Å²) in [5.41, 5.74) is 0.555. The van der Waals surface area contributed by atoms with Gasteiger partial charge in [0.15, 0.2) is 0 Å². The highest BCUT2D eigenvalue weighted by Crippen LogP contribution is 2.41. The molecular weight excluding hydrogens is 388 g/mol. The van der Waals surface area contributed by atoms with E-state index in [-0.39, 0.29) is 16.7 Å². The summed E-state index contributed by atoms with van der Waals surface area (Å²) in [6.07, 6.45) is 30.4. The second-order valence-corrected chi connectivity index (χ2v) is 12.6. The Hall–Kier alpha value is -0.0800. The van der Waals surface area contributed by atoms with Crippen LogP contribution in [0.5, 0.6) is 0 Å². The summed E-state index contributed by atoms with van der Waals surface area (Å²) in [6, 6.07) is 0. The van der Waals surface area contributed by atoms with E-state index >= 15 is 0 Å². The topological polar surface area (TPSA) is 24.1 Å². The first kappa shape index (κ1) is 28.2. The van der Waals surface area contributed by atoms with Crippen LogP contribution in [0.25, 0.3) is 0 Å². The first-order chi connectivity index (χ1) is 15.3. The van der Waals surface area contributed by atoms with E-state index in [1.165, 1.54) is 135 Å². The van der Waals surface area contributed by atoms with Gasteiger partial charge in [0, 0.05) is 11.1 Å². The lowest BCUT2D eigenvalue weighted by Crippen LogP contribution is -2.54. The van der Waals surface area contributed by atoms with E-state index in [0.717, 1.165) is 5.92 Å². The van der Waals surface area contributed by atoms with E-state index in [0.29, 0.717) is 0 Å². The smallest absolute Gasteiger partial charge is 0.0696 e. The summed E-state index contributed by atoms with van der Waals surface area (Å²) in [7, 11) is 0. The van der Waals surface area contributed by atoms with Crippen LogP contribution in [-0.4, -0.2) is 16.7 Å². The van der Waals surface area contributed by atoms with E-state index in [1.807, 2.05) is 0 Å². The Labute approximate surface area is 202 Å². The standard InChI is InChI=1S/C30H60N2/c1-6-7-8-9-10-11-12-13-14-15-16-17-18-19-20-21-22-27-23-25-30(26-24-27)31-28(2,3)29(4,5)32-30/h27,31-32H,6-26H2,1-5H3. The molecule has 2 fully saturated rings. The molecule has 32 heavy (non-hydrogen) atoms. The van der Waals surface area contributed by atoms with Crippen molar-refractivity contribution in [3.05, 3.63) is 0 Å². The van der Waals surface area contributed by atoms with Crippen molar-refractivity contribution in [3.63, 3.8) is 0 Å². The molecule has 0 aromatic carbocycles. The summed E-state index contributed by atoms with van der Waals surface area (Å²) < 4.78 is 0. The van der Waals surface area contributed by atoms with Crippen LogP contribution < -0.4 is 10.6 Å². The second-order valence-electron chi connectivity index (χ2n) is 12.6. The molecule has 2 rings (SSSR count). The summed E-state index contributed by atoms with van der Waals surface area (Å²) in [6.45, 7) is 11.7. The molecule has 2 N–H and O–H groups in total. The third kappa shape index (κ3) is 9.65. The highest BCUT2D eigenvalue weighted by molar-refractivity contribution is 5.14. The molecule has 1 aliphatic carbocycles. The zero-order chi connectivity index (χ0) is 23.3. The van der Waals surface area contributed by atoms with Gasteiger partial charge in [-0.2, -0.15) is 0 Å². The van der Waals surface area contributed by atoms with Crippen LogP contribution in [-0.2, 0) is 0 Å². The number of nitrogens with one attached hydrogen (secondary N) is 2. The molecule has 1 saturated heterocycles. The summed E-state index contributed by atoms with van der Waals surface area (Å²) in [4.78, 5) is 0. The minimum atomic E-state index is 0.174. The average molecular weight is 449 g/mol. The van der Waals surface area contributed by atoms with Crippen molar-refractivity contribution in [2.75, 3.05) is 0 Å². The van der Waals surface area contributed by atoms with Crippen molar-refractivity contribution in [3.8, 4) is 0 Å². The van der Waals surface area contributed by atoms with Gasteiger partial charge < -0.3 is 0 Å². The minimum absolute atomic E-state index is 0.174. The third-order valence-corrected chi connectivity index (χ3v) is 9.09. The Morgan fingerprint density at radius 1 is 0.531 bits per heavy atom. The molecule has 0 unspecified atom stereocenters. The molecule has 2 aliphatic rings. The Kier molecular flexibility index (Phi) is 12.6. The fourth-order valence-corrected chi connectivity index (χ4v) is 6.23. The maximum absolute atomic E-state index is 3.97. The van der Waals surface area contributed by atoms with Crippen LogP contribution in [0.2, 0.25) is 0 Å². The minimum Gasteiger partial charge on any atom is -0.292 e. The number of rotatable bonds is 17.